The number of ether oxygens (including phenoxy) is 1. The van der Waals surface area contributed by atoms with Crippen molar-refractivity contribution in [1.82, 2.24) is 0 Å². The maximum atomic E-state index is 6.11. The number of hydrogen-bond donors (Lipinski definition) is 1. The van der Waals surface area contributed by atoms with E-state index in [-0.39, 0.29) is 5.60 Å². The molecular formula is C18H26N2O. The van der Waals surface area contributed by atoms with Crippen LogP contribution in [0.2, 0.25) is 0 Å². The van der Waals surface area contributed by atoms with E-state index in [1.807, 2.05) is 0 Å². The fraction of sp³-hybridized carbons (Fsp3) is 0.667. The summed E-state index contributed by atoms with van der Waals surface area (Å²) in [6.45, 7) is 2.87. The van der Waals surface area contributed by atoms with Gasteiger partial charge in [-0.05, 0) is 56.7 Å². The minimum Gasteiger partial charge on any atom is -0.375 e. The molecule has 1 aliphatic carbocycles. The van der Waals surface area contributed by atoms with Crippen molar-refractivity contribution >= 4 is 5.69 Å². The number of rotatable bonds is 3. The summed E-state index contributed by atoms with van der Waals surface area (Å²) in [4.78, 5) is 2.66. The zero-order valence-corrected chi connectivity index (χ0v) is 12.8. The topological polar surface area (TPSA) is 38.5 Å². The van der Waals surface area contributed by atoms with Crippen molar-refractivity contribution in [3.8, 4) is 0 Å². The van der Waals surface area contributed by atoms with Gasteiger partial charge in [-0.15, -0.1) is 0 Å². The van der Waals surface area contributed by atoms with Crippen LogP contribution in [0.4, 0.5) is 5.69 Å². The Labute approximate surface area is 127 Å². The number of para-hydroxylation sites is 1. The SMILES string of the molecule is NCCC1CN(C2CCOC3(CCC3)C2)c2ccccc21. The molecule has 2 heterocycles. The summed E-state index contributed by atoms with van der Waals surface area (Å²) in [6.07, 6.45) is 7.37. The number of nitrogens with two attached hydrogens (primary N) is 1. The van der Waals surface area contributed by atoms with Crippen molar-refractivity contribution in [1.29, 1.82) is 0 Å². The Morgan fingerprint density at radius 1 is 1.29 bits per heavy atom. The molecule has 0 aromatic heterocycles. The number of anilines is 1. The van der Waals surface area contributed by atoms with E-state index in [0.29, 0.717) is 12.0 Å². The molecule has 1 aromatic rings. The van der Waals surface area contributed by atoms with Crippen LogP contribution >= 0.6 is 0 Å². The van der Waals surface area contributed by atoms with E-state index in [4.69, 9.17) is 10.5 Å². The molecule has 0 bridgehead atoms. The van der Waals surface area contributed by atoms with Gasteiger partial charge in [0.15, 0.2) is 0 Å². The molecule has 3 aliphatic rings. The first-order chi connectivity index (χ1) is 10.3. The highest BCUT2D eigenvalue weighted by atomic mass is 16.5. The molecule has 2 fully saturated rings. The summed E-state index contributed by atoms with van der Waals surface area (Å²) in [7, 11) is 0. The van der Waals surface area contributed by atoms with Crippen molar-refractivity contribution < 1.29 is 4.74 Å². The van der Waals surface area contributed by atoms with Gasteiger partial charge in [0.25, 0.3) is 0 Å². The molecule has 3 nitrogen and oxygen atoms in total. The first kappa shape index (κ1) is 13.6. The molecule has 1 saturated carbocycles. The van der Waals surface area contributed by atoms with Crippen LogP contribution < -0.4 is 10.6 Å². The fourth-order valence-electron chi connectivity index (χ4n) is 4.51. The predicted molar refractivity (Wildman–Crippen MR) is 85.8 cm³/mol. The van der Waals surface area contributed by atoms with Crippen molar-refractivity contribution in [2.75, 3.05) is 24.6 Å². The van der Waals surface area contributed by atoms with Gasteiger partial charge in [-0.25, -0.2) is 0 Å². The van der Waals surface area contributed by atoms with E-state index in [1.165, 1.54) is 43.4 Å². The Morgan fingerprint density at radius 3 is 2.90 bits per heavy atom. The van der Waals surface area contributed by atoms with Crippen LogP contribution in [-0.2, 0) is 4.74 Å². The molecule has 21 heavy (non-hydrogen) atoms. The normalized spacial score (nSPS) is 30.2. The van der Waals surface area contributed by atoms with Gasteiger partial charge in [0.2, 0.25) is 0 Å². The first-order valence-electron chi connectivity index (χ1n) is 8.51. The minimum absolute atomic E-state index is 0.226. The summed E-state index contributed by atoms with van der Waals surface area (Å²) >= 11 is 0. The van der Waals surface area contributed by atoms with E-state index < -0.39 is 0 Å². The zero-order valence-electron chi connectivity index (χ0n) is 12.8. The van der Waals surface area contributed by atoms with Crippen molar-refractivity contribution in [3.63, 3.8) is 0 Å². The van der Waals surface area contributed by atoms with Gasteiger partial charge < -0.3 is 15.4 Å². The lowest BCUT2D eigenvalue weighted by atomic mass is 9.73. The summed E-state index contributed by atoms with van der Waals surface area (Å²) in [5, 5.41) is 0. The average Bonchev–Trinajstić information content (AvgIpc) is 2.86. The van der Waals surface area contributed by atoms with Gasteiger partial charge >= 0.3 is 0 Å². The fourth-order valence-corrected chi connectivity index (χ4v) is 4.51. The molecule has 1 aromatic carbocycles. The third kappa shape index (κ3) is 2.27. The van der Waals surface area contributed by atoms with Crippen molar-refractivity contribution in [3.05, 3.63) is 29.8 Å². The van der Waals surface area contributed by atoms with Crippen molar-refractivity contribution in [2.24, 2.45) is 5.73 Å². The lowest BCUT2D eigenvalue weighted by Gasteiger charge is -2.49. The van der Waals surface area contributed by atoms with Crippen LogP contribution in [0, 0.1) is 0 Å². The summed E-state index contributed by atoms with van der Waals surface area (Å²) < 4.78 is 6.11. The van der Waals surface area contributed by atoms with E-state index in [2.05, 4.69) is 29.2 Å². The summed E-state index contributed by atoms with van der Waals surface area (Å²) in [5.74, 6) is 0.617. The highest BCUT2D eigenvalue weighted by molar-refractivity contribution is 5.61. The molecule has 4 rings (SSSR count). The van der Waals surface area contributed by atoms with E-state index in [1.54, 1.807) is 0 Å². The van der Waals surface area contributed by atoms with Gasteiger partial charge in [0, 0.05) is 30.8 Å². The second-order valence-electron chi connectivity index (χ2n) is 7.02. The van der Waals surface area contributed by atoms with Crippen LogP contribution in [-0.4, -0.2) is 31.3 Å². The van der Waals surface area contributed by atoms with Gasteiger partial charge in [-0.3, -0.25) is 0 Å². The first-order valence-corrected chi connectivity index (χ1v) is 8.51. The predicted octanol–water partition coefficient (Wildman–Crippen LogP) is 3.04. The monoisotopic (exact) mass is 286 g/mol. The molecule has 0 radical (unpaired) electrons. The molecule has 3 heteroatoms. The molecule has 2 atom stereocenters. The van der Waals surface area contributed by atoms with E-state index in [9.17, 15) is 0 Å². The zero-order chi connectivity index (χ0) is 14.3. The van der Waals surface area contributed by atoms with E-state index >= 15 is 0 Å². The Hall–Kier alpha value is -1.06. The largest absolute Gasteiger partial charge is 0.375 e. The van der Waals surface area contributed by atoms with Crippen LogP contribution in [0.1, 0.15) is 50.0 Å². The molecule has 2 aliphatic heterocycles. The molecule has 0 amide bonds. The van der Waals surface area contributed by atoms with Crippen LogP contribution in [0.25, 0.3) is 0 Å². The summed E-state index contributed by atoms with van der Waals surface area (Å²) in [5.41, 5.74) is 9.02. The Kier molecular flexibility index (Phi) is 3.43. The van der Waals surface area contributed by atoms with Crippen LogP contribution in [0.3, 0.4) is 0 Å². The molecule has 1 saturated heterocycles. The molecule has 1 spiro atoms. The van der Waals surface area contributed by atoms with Crippen LogP contribution in [0.15, 0.2) is 24.3 Å². The molecule has 2 unspecified atom stereocenters. The van der Waals surface area contributed by atoms with Crippen LogP contribution in [0.5, 0.6) is 0 Å². The van der Waals surface area contributed by atoms with E-state index in [0.717, 1.165) is 26.1 Å². The Bertz CT molecular complexity index is 512. The highest BCUT2D eigenvalue weighted by Crippen LogP contribution is 2.47. The second-order valence-corrected chi connectivity index (χ2v) is 7.02. The second kappa shape index (κ2) is 5.29. The highest BCUT2D eigenvalue weighted by Gasteiger charge is 2.45. The number of hydrogen-bond acceptors (Lipinski definition) is 3. The maximum Gasteiger partial charge on any atom is 0.0702 e. The maximum absolute atomic E-state index is 6.11. The lowest BCUT2D eigenvalue weighted by molar-refractivity contribution is -0.132. The molecule has 2 N–H and O–H groups in total. The average molecular weight is 286 g/mol. The standard InChI is InChI=1S/C18H26N2O/c19-10-6-14-13-20(17-5-2-1-4-16(14)17)15-7-11-21-18(12-15)8-3-9-18/h1-2,4-5,14-15H,3,6-13,19H2. The van der Waals surface area contributed by atoms with Crippen molar-refractivity contribution in [2.45, 2.75) is 56.1 Å². The lowest BCUT2D eigenvalue weighted by Crippen LogP contribution is -2.52. The molecule has 114 valence electrons. The Balaban J connectivity index is 1.58. The van der Waals surface area contributed by atoms with Gasteiger partial charge in [-0.1, -0.05) is 18.2 Å². The third-order valence-corrected chi connectivity index (χ3v) is 5.79. The summed E-state index contributed by atoms with van der Waals surface area (Å²) in [6, 6.07) is 9.60. The smallest absolute Gasteiger partial charge is 0.0702 e. The number of fused-ring (bicyclic) bond motifs is 1. The number of nitrogens with zero attached hydrogens (tertiary/aromatic N) is 1. The quantitative estimate of drug-likeness (QED) is 0.928. The van der Waals surface area contributed by atoms with Gasteiger partial charge in [0.05, 0.1) is 5.60 Å². The van der Waals surface area contributed by atoms with Gasteiger partial charge in [0.1, 0.15) is 0 Å². The Morgan fingerprint density at radius 2 is 2.14 bits per heavy atom. The number of benzene rings is 1. The third-order valence-electron chi connectivity index (χ3n) is 5.79. The van der Waals surface area contributed by atoms with Gasteiger partial charge in [-0.2, -0.15) is 0 Å². The minimum atomic E-state index is 0.226. The molecular weight excluding hydrogens is 260 g/mol.